The van der Waals surface area contributed by atoms with Crippen molar-refractivity contribution in [1.82, 2.24) is 4.90 Å². The van der Waals surface area contributed by atoms with E-state index in [-0.39, 0.29) is 24.5 Å². The number of anilines is 1. The largest absolute Gasteiger partial charge is 0.490 e. The molecule has 7 nitrogen and oxygen atoms in total. The molecule has 1 unspecified atom stereocenters. The summed E-state index contributed by atoms with van der Waals surface area (Å²) in [6, 6.07) is 11.0. The molecule has 3 rings (SSSR count). The van der Waals surface area contributed by atoms with Crippen molar-refractivity contribution in [2.75, 3.05) is 38.2 Å². The van der Waals surface area contributed by atoms with Crippen LogP contribution < -0.4 is 14.8 Å². The van der Waals surface area contributed by atoms with Crippen LogP contribution in [0.15, 0.2) is 36.4 Å². The van der Waals surface area contributed by atoms with Gasteiger partial charge < -0.3 is 24.4 Å². The van der Waals surface area contributed by atoms with Gasteiger partial charge in [0.1, 0.15) is 6.54 Å². The average molecular weight is 469 g/mol. The first-order valence-corrected chi connectivity index (χ1v) is 12.1. The van der Waals surface area contributed by atoms with Crippen molar-refractivity contribution < 1.29 is 23.8 Å². The van der Waals surface area contributed by atoms with Gasteiger partial charge in [-0.05, 0) is 75.4 Å². The summed E-state index contributed by atoms with van der Waals surface area (Å²) in [6.45, 7) is 9.89. The molecule has 2 amide bonds. The van der Waals surface area contributed by atoms with Crippen molar-refractivity contribution in [2.45, 2.75) is 53.1 Å². The lowest BCUT2D eigenvalue weighted by atomic mass is 10.1. The number of carbonyl (C=O) groups excluding carboxylic acids is 2. The summed E-state index contributed by atoms with van der Waals surface area (Å²) in [5.74, 6) is 0.653. The summed E-state index contributed by atoms with van der Waals surface area (Å²) in [7, 11) is 0. The monoisotopic (exact) mass is 468 g/mol. The van der Waals surface area contributed by atoms with Crippen molar-refractivity contribution in [3.05, 3.63) is 53.1 Å². The zero-order chi connectivity index (χ0) is 24.5. The molecule has 1 aliphatic heterocycles. The molecule has 1 heterocycles. The zero-order valence-corrected chi connectivity index (χ0v) is 20.7. The van der Waals surface area contributed by atoms with Gasteiger partial charge >= 0.3 is 0 Å². The highest BCUT2D eigenvalue weighted by molar-refractivity contribution is 6.00. The zero-order valence-electron chi connectivity index (χ0n) is 20.7. The van der Waals surface area contributed by atoms with Crippen molar-refractivity contribution in [2.24, 2.45) is 0 Å². The van der Waals surface area contributed by atoms with Gasteiger partial charge in [0, 0.05) is 24.4 Å². The van der Waals surface area contributed by atoms with E-state index in [1.807, 2.05) is 45.9 Å². The number of nitrogens with zero attached hydrogens (tertiary/aromatic N) is 1. The smallest absolute Gasteiger partial charge is 0.254 e. The van der Waals surface area contributed by atoms with Gasteiger partial charge in [0.15, 0.2) is 11.5 Å². The Morgan fingerprint density at radius 2 is 1.94 bits per heavy atom. The van der Waals surface area contributed by atoms with E-state index in [1.54, 1.807) is 23.1 Å². The van der Waals surface area contributed by atoms with Crippen LogP contribution in [0.3, 0.4) is 0 Å². The Morgan fingerprint density at radius 3 is 2.65 bits per heavy atom. The lowest BCUT2D eigenvalue weighted by Crippen LogP contribution is -2.42. The Hall–Kier alpha value is -3.06. The minimum Gasteiger partial charge on any atom is -0.490 e. The molecule has 0 aliphatic carbocycles. The van der Waals surface area contributed by atoms with E-state index >= 15 is 0 Å². The topological polar surface area (TPSA) is 77.1 Å². The van der Waals surface area contributed by atoms with E-state index in [2.05, 4.69) is 5.32 Å². The van der Waals surface area contributed by atoms with E-state index in [0.29, 0.717) is 43.4 Å². The van der Waals surface area contributed by atoms with Gasteiger partial charge in [-0.3, -0.25) is 9.59 Å². The lowest BCUT2D eigenvalue weighted by Gasteiger charge is -2.25. The van der Waals surface area contributed by atoms with Crippen LogP contribution >= 0.6 is 0 Å². The fraction of sp³-hybridized carbons (Fsp3) is 0.481. The number of carbonyl (C=O) groups is 2. The second-order valence-electron chi connectivity index (χ2n) is 8.56. The molecule has 7 heteroatoms. The van der Waals surface area contributed by atoms with E-state index in [1.165, 1.54) is 0 Å². The van der Waals surface area contributed by atoms with Gasteiger partial charge in [0.2, 0.25) is 5.91 Å². The quantitative estimate of drug-likeness (QED) is 0.515. The Kier molecular flexibility index (Phi) is 9.33. The molecule has 2 aromatic carbocycles. The number of hydrogen-bond acceptors (Lipinski definition) is 5. The molecule has 0 aromatic heterocycles. The molecule has 1 fully saturated rings. The van der Waals surface area contributed by atoms with Gasteiger partial charge in [-0.1, -0.05) is 19.1 Å². The van der Waals surface area contributed by atoms with Crippen LogP contribution in [0, 0.1) is 13.8 Å². The molecule has 1 N–H and O–H groups in total. The van der Waals surface area contributed by atoms with Crippen LogP contribution in [-0.2, 0) is 9.53 Å². The first-order chi connectivity index (χ1) is 16.4. The number of aryl methyl sites for hydroxylation is 1. The van der Waals surface area contributed by atoms with Gasteiger partial charge in [-0.25, -0.2) is 0 Å². The summed E-state index contributed by atoms with van der Waals surface area (Å²) >= 11 is 0. The highest BCUT2D eigenvalue weighted by Gasteiger charge is 2.26. The molecule has 34 heavy (non-hydrogen) atoms. The molecular formula is C27H36N2O5. The van der Waals surface area contributed by atoms with Crippen LogP contribution in [0.5, 0.6) is 11.5 Å². The second-order valence-corrected chi connectivity index (χ2v) is 8.56. The van der Waals surface area contributed by atoms with Crippen LogP contribution in [-0.4, -0.2) is 55.7 Å². The minimum atomic E-state index is -0.243. The standard InChI is InChI=1S/C27H36N2O5/c1-5-14-34-24-13-12-21(16-25(24)32-6-2)27(31)29(17-22-10-8-15-33-22)18-26(30)28-23-11-7-9-19(3)20(23)4/h7,9,11-13,16,22H,5-6,8,10,14-15,17-18H2,1-4H3,(H,28,30). The van der Waals surface area contributed by atoms with E-state index < -0.39 is 0 Å². The summed E-state index contributed by atoms with van der Waals surface area (Å²) < 4.78 is 17.2. The van der Waals surface area contributed by atoms with Crippen molar-refractivity contribution in [1.29, 1.82) is 0 Å². The fourth-order valence-corrected chi connectivity index (χ4v) is 3.93. The maximum Gasteiger partial charge on any atom is 0.254 e. The van der Waals surface area contributed by atoms with Crippen molar-refractivity contribution in [3.8, 4) is 11.5 Å². The molecule has 0 bridgehead atoms. The first kappa shape index (κ1) is 25.6. The van der Waals surface area contributed by atoms with E-state index in [0.717, 1.165) is 36.1 Å². The predicted molar refractivity (Wildman–Crippen MR) is 133 cm³/mol. The van der Waals surface area contributed by atoms with Gasteiger partial charge in [-0.2, -0.15) is 0 Å². The number of benzene rings is 2. The van der Waals surface area contributed by atoms with Crippen molar-refractivity contribution in [3.63, 3.8) is 0 Å². The summed E-state index contributed by atoms with van der Waals surface area (Å²) in [6.07, 6.45) is 2.63. The van der Waals surface area contributed by atoms with Crippen LogP contribution in [0.1, 0.15) is 54.6 Å². The molecule has 1 atom stereocenters. The highest BCUT2D eigenvalue weighted by Crippen LogP contribution is 2.29. The summed E-state index contributed by atoms with van der Waals surface area (Å²) in [5.41, 5.74) is 3.31. The maximum absolute atomic E-state index is 13.5. The van der Waals surface area contributed by atoms with Gasteiger partial charge in [0.05, 0.1) is 19.3 Å². The average Bonchev–Trinajstić information content (AvgIpc) is 3.33. The Morgan fingerprint density at radius 1 is 1.12 bits per heavy atom. The van der Waals surface area contributed by atoms with Gasteiger partial charge in [0.25, 0.3) is 5.91 Å². The Bertz CT molecular complexity index is 985. The van der Waals surface area contributed by atoms with Crippen molar-refractivity contribution >= 4 is 17.5 Å². The van der Waals surface area contributed by atoms with Crippen LogP contribution in [0.4, 0.5) is 5.69 Å². The second kappa shape index (κ2) is 12.4. The van der Waals surface area contributed by atoms with Crippen LogP contribution in [0.2, 0.25) is 0 Å². The molecule has 0 spiro atoms. The summed E-state index contributed by atoms with van der Waals surface area (Å²) in [4.78, 5) is 28.0. The number of hydrogen-bond donors (Lipinski definition) is 1. The molecule has 0 radical (unpaired) electrons. The van der Waals surface area contributed by atoms with E-state index in [9.17, 15) is 9.59 Å². The number of amides is 2. The van der Waals surface area contributed by atoms with Gasteiger partial charge in [-0.15, -0.1) is 0 Å². The highest BCUT2D eigenvalue weighted by atomic mass is 16.5. The maximum atomic E-state index is 13.5. The molecule has 0 saturated carbocycles. The Labute approximate surface area is 202 Å². The minimum absolute atomic E-state index is 0.0653. The van der Waals surface area contributed by atoms with Crippen LogP contribution in [0.25, 0.3) is 0 Å². The molecule has 184 valence electrons. The number of ether oxygens (including phenoxy) is 3. The molecule has 1 saturated heterocycles. The third kappa shape index (κ3) is 6.73. The third-order valence-electron chi connectivity index (χ3n) is 5.90. The number of nitrogens with one attached hydrogen (secondary N) is 1. The predicted octanol–water partition coefficient (Wildman–Crippen LogP) is 4.75. The molecular weight excluding hydrogens is 432 g/mol. The number of rotatable bonds is 11. The molecule has 1 aliphatic rings. The lowest BCUT2D eigenvalue weighted by molar-refractivity contribution is -0.117. The fourth-order valence-electron chi connectivity index (χ4n) is 3.93. The third-order valence-corrected chi connectivity index (χ3v) is 5.90. The summed E-state index contributed by atoms with van der Waals surface area (Å²) in [5, 5.41) is 2.96. The Balaban J connectivity index is 1.80. The molecule has 2 aromatic rings. The first-order valence-electron chi connectivity index (χ1n) is 12.1. The SMILES string of the molecule is CCCOc1ccc(C(=O)N(CC(=O)Nc2cccc(C)c2C)CC2CCCO2)cc1OCC. The normalized spacial score (nSPS) is 15.1. The van der Waals surface area contributed by atoms with E-state index in [4.69, 9.17) is 14.2 Å².